The van der Waals surface area contributed by atoms with Gasteiger partial charge in [-0.25, -0.2) is 13.4 Å². The predicted octanol–water partition coefficient (Wildman–Crippen LogP) is 5.67. The molecule has 1 atom stereocenters. The molecule has 1 unspecified atom stereocenters. The van der Waals surface area contributed by atoms with Crippen LogP contribution in [0.25, 0.3) is 10.2 Å². The van der Waals surface area contributed by atoms with Crippen molar-refractivity contribution in [2.75, 3.05) is 18.0 Å². The number of thiazole rings is 1. The Hall–Kier alpha value is -2.02. The number of hydrogen-bond acceptors (Lipinski definition) is 7. The Balaban J connectivity index is 1.51. The molecule has 1 aliphatic rings. The summed E-state index contributed by atoms with van der Waals surface area (Å²) in [6.07, 6.45) is 1.03. The lowest BCUT2D eigenvalue weighted by molar-refractivity contribution is -0.121. The first-order valence-corrected chi connectivity index (χ1v) is 15.5. The number of carbonyl (C=O) groups is 1. The number of benzene rings is 1. The molecule has 37 heavy (non-hydrogen) atoms. The molecule has 0 N–H and O–H groups in total. The molecule has 5 rings (SSSR count). The number of nitrogens with zero attached hydrogens (tertiary/aromatic N) is 5. The molecule has 1 saturated heterocycles. The van der Waals surface area contributed by atoms with Crippen LogP contribution in [-0.4, -0.2) is 52.5 Å². The summed E-state index contributed by atoms with van der Waals surface area (Å²) in [5, 5.41) is 5.64. The molecule has 3 aromatic heterocycles. The summed E-state index contributed by atoms with van der Waals surface area (Å²) in [6.45, 7) is 6.79. The normalized spacial score (nSPS) is 16.6. The van der Waals surface area contributed by atoms with Crippen molar-refractivity contribution in [1.82, 2.24) is 19.1 Å². The molecule has 1 aromatic carbocycles. The van der Waals surface area contributed by atoms with E-state index in [1.165, 1.54) is 21.7 Å². The first kappa shape index (κ1) is 26.6. The molecule has 0 radical (unpaired) electrons. The zero-order chi connectivity index (χ0) is 26.5. The number of aryl methyl sites for hydroxylation is 3. The molecule has 0 spiro atoms. The van der Waals surface area contributed by atoms with Crippen LogP contribution >= 0.6 is 45.9 Å². The highest BCUT2D eigenvalue weighted by Crippen LogP contribution is 2.36. The van der Waals surface area contributed by atoms with Crippen LogP contribution in [0.2, 0.25) is 9.36 Å². The minimum absolute atomic E-state index is 0.136. The third-order valence-corrected chi connectivity index (χ3v) is 11.5. The summed E-state index contributed by atoms with van der Waals surface area (Å²) in [7, 11) is -3.87. The molecule has 0 saturated carbocycles. The third-order valence-electron chi connectivity index (χ3n) is 6.47. The van der Waals surface area contributed by atoms with Crippen molar-refractivity contribution in [2.24, 2.45) is 0 Å². The summed E-state index contributed by atoms with van der Waals surface area (Å²) in [4.78, 5) is 20.5. The van der Waals surface area contributed by atoms with Crippen molar-refractivity contribution in [3.05, 3.63) is 56.6 Å². The summed E-state index contributed by atoms with van der Waals surface area (Å²) in [5.41, 5.74) is 3.45. The third kappa shape index (κ3) is 5.05. The minimum Gasteiger partial charge on any atom is -0.285 e. The van der Waals surface area contributed by atoms with Crippen molar-refractivity contribution >= 4 is 77.2 Å². The van der Waals surface area contributed by atoms with Crippen molar-refractivity contribution < 1.29 is 13.2 Å². The second kappa shape index (κ2) is 10.3. The Morgan fingerprint density at radius 2 is 1.95 bits per heavy atom. The lowest BCUT2D eigenvalue weighted by atomic mass is 10.2. The topological polar surface area (TPSA) is 88.4 Å². The molecule has 0 bridgehead atoms. The highest BCUT2D eigenvalue weighted by molar-refractivity contribution is 7.91. The van der Waals surface area contributed by atoms with Gasteiger partial charge in [-0.1, -0.05) is 34.5 Å². The molecular formula is C24H25Cl2N5O3S3. The van der Waals surface area contributed by atoms with Crippen LogP contribution in [0, 0.1) is 20.8 Å². The lowest BCUT2D eigenvalue weighted by Crippen LogP contribution is -2.48. The average molecular weight is 599 g/mol. The maximum absolute atomic E-state index is 14.1. The van der Waals surface area contributed by atoms with Crippen molar-refractivity contribution in [3.63, 3.8) is 0 Å². The van der Waals surface area contributed by atoms with E-state index >= 15 is 0 Å². The van der Waals surface area contributed by atoms with Gasteiger partial charge in [0.2, 0.25) is 5.91 Å². The molecule has 196 valence electrons. The maximum atomic E-state index is 14.1. The number of anilines is 1. The number of fused-ring (bicyclic) bond motifs is 1. The van der Waals surface area contributed by atoms with Gasteiger partial charge in [-0.05, 0) is 69.5 Å². The monoisotopic (exact) mass is 597 g/mol. The Labute approximate surface area is 233 Å². The number of halogens is 2. The number of sulfonamides is 1. The SMILES string of the molecule is Cc1cc(C)n(CCN(C(=O)C2CCCN2S(=O)(=O)c2ccc(Cl)s2)c2nc3c(C)c(Cl)ccc3s2)n1. The second-order valence-corrected chi connectivity index (χ2v) is 14.2. The molecule has 0 aliphatic carbocycles. The Kier molecular flexibility index (Phi) is 7.38. The number of rotatable bonds is 7. The van der Waals surface area contributed by atoms with Gasteiger partial charge in [0.25, 0.3) is 10.0 Å². The van der Waals surface area contributed by atoms with Gasteiger partial charge in [0, 0.05) is 23.8 Å². The van der Waals surface area contributed by atoms with Crippen LogP contribution < -0.4 is 4.90 Å². The highest BCUT2D eigenvalue weighted by Gasteiger charge is 2.42. The number of amides is 1. The zero-order valence-corrected chi connectivity index (χ0v) is 24.4. The van der Waals surface area contributed by atoms with E-state index in [0.717, 1.165) is 38.5 Å². The van der Waals surface area contributed by atoms with Gasteiger partial charge in [0.1, 0.15) is 10.3 Å². The number of hydrogen-bond donors (Lipinski definition) is 0. The largest absolute Gasteiger partial charge is 0.285 e. The summed E-state index contributed by atoms with van der Waals surface area (Å²) in [5.74, 6) is -0.298. The lowest BCUT2D eigenvalue weighted by Gasteiger charge is -2.28. The van der Waals surface area contributed by atoms with Crippen LogP contribution in [0.15, 0.2) is 34.5 Å². The van der Waals surface area contributed by atoms with E-state index in [1.54, 1.807) is 11.0 Å². The Morgan fingerprint density at radius 1 is 1.16 bits per heavy atom. The van der Waals surface area contributed by atoms with Crippen LogP contribution in [0.1, 0.15) is 29.8 Å². The predicted molar refractivity (Wildman–Crippen MR) is 150 cm³/mol. The Morgan fingerprint density at radius 3 is 2.62 bits per heavy atom. The van der Waals surface area contributed by atoms with Gasteiger partial charge in [-0.15, -0.1) is 11.3 Å². The summed E-state index contributed by atoms with van der Waals surface area (Å²) < 4.78 is 31.5. The standard InChI is InChI=1S/C24H25Cl2N5O3S3/c1-14-13-15(2)30(28-14)12-11-29(24-27-22-16(3)17(25)6-7-19(22)35-24)23(32)18-5-4-10-31(18)37(33,34)21-9-8-20(26)36-21/h6-9,13,18H,4-5,10-12H2,1-3H3. The van der Waals surface area contributed by atoms with E-state index in [4.69, 9.17) is 28.2 Å². The molecule has 13 heteroatoms. The average Bonchev–Trinajstić information content (AvgIpc) is 3.63. The zero-order valence-electron chi connectivity index (χ0n) is 20.4. The van der Waals surface area contributed by atoms with Crippen LogP contribution in [0.5, 0.6) is 0 Å². The molecule has 1 aliphatic heterocycles. The fraction of sp³-hybridized carbons (Fsp3) is 0.375. The fourth-order valence-electron chi connectivity index (χ4n) is 4.61. The van der Waals surface area contributed by atoms with Crippen LogP contribution in [0.4, 0.5) is 5.13 Å². The molecule has 1 amide bonds. The van der Waals surface area contributed by atoms with E-state index in [-0.39, 0.29) is 16.7 Å². The Bertz CT molecular complexity index is 1590. The summed E-state index contributed by atoms with van der Waals surface area (Å²) >= 11 is 14.7. The second-order valence-electron chi connectivity index (χ2n) is 8.99. The van der Waals surface area contributed by atoms with Gasteiger partial charge >= 0.3 is 0 Å². The van der Waals surface area contributed by atoms with Crippen LogP contribution in [0.3, 0.4) is 0 Å². The quantitative estimate of drug-likeness (QED) is 0.274. The molecular weight excluding hydrogens is 573 g/mol. The first-order chi connectivity index (χ1) is 17.6. The minimum atomic E-state index is -3.87. The van der Waals surface area contributed by atoms with Gasteiger partial charge in [-0.2, -0.15) is 9.40 Å². The maximum Gasteiger partial charge on any atom is 0.253 e. The number of thiophene rings is 1. The number of aromatic nitrogens is 3. The fourth-order valence-corrected chi connectivity index (χ4v) is 9.08. The highest BCUT2D eigenvalue weighted by atomic mass is 35.5. The summed E-state index contributed by atoms with van der Waals surface area (Å²) in [6, 6.07) is 7.91. The van der Waals surface area contributed by atoms with E-state index in [1.807, 2.05) is 43.7 Å². The van der Waals surface area contributed by atoms with Crippen LogP contribution in [-0.2, 0) is 21.4 Å². The molecule has 8 nitrogen and oxygen atoms in total. The van der Waals surface area contributed by atoms with E-state index in [0.29, 0.717) is 40.4 Å². The molecule has 4 heterocycles. The van der Waals surface area contributed by atoms with E-state index in [9.17, 15) is 13.2 Å². The van der Waals surface area contributed by atoms with Crippen molar-refractivity contribution in [1.29, 1.82) is 0 Å². The van der Waals surface area contributed by atoms with Gasteiger partial charge in [-0.3, -0.25) is 14.4 Å². The molecule has 1 fully saturated rings. The number of carbonyl (C=O) groups excluding carboxylic acids is 1. The smallest absolute Gasteiger partial charge is 0.253 e. The molecule has 4 aromatic rings. The van der Waals surface area contributed by atoms with Crippen molar-refractivity contribution in [3.8, 4) is 0 Å². The van der Waals surface area contributed by atoms with Crippen molar-refractivity contribution in [2.45, 2.75) is 50.4 Å². The van der Waals surface area contributed by atoms with Gasteiger partial charge in [0.05, 0.1) is 26.8 Å². The first-order valence-electron chi connectivity index (χ1n) is 11.7. The van der Waals surface area contributed by atoms with E-state index < -0.39 is 16.1 Å². The van der Waals surface area contributed by atoms with E-state index in [2.05, 4.69) is 5.10 Å². The van der Waals surface area contributed by atoms with Gasteiger partial charge < -0.3 is 0 Å². The van der Waals surface area contributed by atoms with Gasteiger partial charge in [0.15, 0.2) is 5.13 Å².